The van der Waals surface area contributed by atoms with Crippen molar-refractivity contribution in [2.45, 2.75) is 46.3 Å². The van der Waals surface area contributed by atoms with Crippen molar-refractivity contribution in [3.63, 3.8) is 0 Å². The highest BCUT2D eigenvalue weighted by Gasteiger charge is 2.25. The molecule has 6 aromatic rings. The summed E-state index contributed by atoms with van der Waals surface area (Å²) in [6.45, 7) is 8.49. The van der Waals surface area contributed by atoms with Gasteiger partial charge in [-0.15, -0.1) is 0 Å². The SMILES string of the molecule is Cc1cccc(-c2cnn(Cc3cc(F)cc(F)c3)c2)c1-c1c(-c2ccc(C3=CCN(C(=O)OC(C)(C)C)CC3)c(F)c2)cnc2[nH]ccc12. The molecule has 0 spiro atoms. The van der Waals surface area contributed by atoms with E-state index in [4.69, 9.17) is 4.74 Å². The Morgan fingerprint density at radius 1 is 0.920 bits per heavy atom. The minimum Gasteiger partial charge on any atom is -0.444 e. The molecule has 50 heavy (non-hydrogen) atoms. The van der Waals surface area contributed by atoms with Crippen LogP contribution in [0.2, 0.25) is 0 Å². The minimum absolute atomic E-state index is 0.194. The lowest BCUT2D eigenvalue weighted by Crippen LogP contribution is -2.39. The van der Waals surface area contributed by atoms with Gasteiger partial charge in [0.2, 0.25) is 0 Å². The van der Waals surface area contributed by atoms with Gasteiger partial charge in [0.05, 0.1) is 12.7 Å². The van der Waals surface area contributed by atoms with Gasteiger partial charge in [-0.25, -0.2) is 22.9 Å². The Morgan fingerprint density at radius 2 is 1.72 bits per heavy atom. The maximum atomic E-state index is 16.0. The number of carbonyl (C=O) groups is 1. The third kappa shape index (κ3) is 6.65. The highest BCUT2D eigenvalue weighted by molar-refractivity contribution is 6.05. The molecule has 4 heterocycles. The summed E-state index contributed by atoms with van der Waals surface area (Å²) in [7, 11) is 0. The molecule has 1 aliphatic heterocycles. The molecule has 1 aliphatic rings. The quantitative estimate of drug-likeness (QED) is 0.191. The van der Waals surface area contributed by atoms with Gasteiger partial charge >= 0.3 is 6.09 Å². The van der Waals surface area contributed by atoms with Crippen LogP contribution in [0.3, 0.4) is 0 Å². The Morgan fingerprint density at radius 3 is 2.44 bits per heavy atom. The van der Waals surface area contributed by atoms with Gasteiger partial charge in [-0.1, -0.05) is 36.4 Å². The molecule has 0 unspecified atom stereocenters. The first-order valence-electron chi connectivity index (χ1n) is 16.4. The number of aromatic nitrogens is 4. The van der Waals surface area contributed by atoms with Crippen molar-refractivity contribution >= 4 is 22.7 Å². The molecule has 254 valence electrons. The van der Waals surface area contributed by atoms with Gasteiger partial charge in [0.25, 0.3) is 0 Å². The maximum Gasteiger partial charge on any atom is 0.410 e. The smallest absolute Gasteiger partial charge is 0.410 e. The molecule has 0 aliphatic carbocycles. The van der Waals surface area contributed by atoms with Crippen molar-refractivity contribution in [3.8, 4) is 33.4 Å². The molecule has 0 bridgehead atoms. The summed E-state index contributed by atoms with van der Waals surface area (Å²) in [5.41, 5.74) is 7.87. The molecule has 7 rings (SSSR count). The van der Waals surface area contributed by atoms with Gasteiger partial charge in [0, 0.05) is 65.4 Å². The highest BCUT2D eigenvalue weighted by atomic mass is 19.1. The van der Waals surface area contributed by atoms with Crippen molar-refractivity contribution in [1.29, 1.82) is 0 Å². The topological polar surface area (TPSA) is 76.0 Å². The molecule has 3 aromatic heterocycles. The normalized spacial score (nSPS) is 13.5. The number of aromatic amines is 1. The lowest BCUT2D eigenvalue weighted by molar-refractivity contribution is 0.0270. The summed E-state index contributed by atoms with van der Waals surface area (Å²) < 4.78 is 50.9. The first-order chi connectivity index (χ1) is 23.9. The number of benzene rings is 3. The predicted octanol–water partition coefficient (Wildman–Crippen LogP) is 9.56. The number of carbonyl (C=O) groups excluding carboxylic acids is 1. The average Bonchev–Trinajstić information content (AvgIpc) is 3.73. The Labute approximate surface area is 288 Å². The van der Waals surface area contributed by atoms with Crippen molar-refractivity contribution in [2.24, 2.45) is 0 Å². The Balaban J connectivity index is 1.25. The Hall–Kier alpha value is -5.64. The largest absolute Gasteiger partial charge is 0.444 e. The zero-order valence-corrected chi connectivity index (χ0v) is 28.2. The number of rotatable bonds is 6. The number of nitrogens with zero attached hydrogens (tertiary/aromatic N) is 4. The van der Waals surface area contributed by atoms with Crippen molar-refractivity contribution in [2.75, 3.05) is 13.1 Å². The maximum absolute atomic E-state index is 16.0. The van der Waals surface area contributed by atoms with Crippen molar-refractivity contribution in [3.05, 3.63) is 126 Å². The molecule has 1 amide bonds. The van der Waals surface area contributed by atoms with E-state index in [1.807, 2.05) is 76.5 Å². The number of hydrogen-bond donors (Lipinski definition) is 1. The fraction of sp³-hybridized carbons (Fsp3) is 0.225. The van der Waals surface area contributed by atoms with Crippen LogP contribution in [0.5, 0.6) is 0 Å². The average molecular weight is 676 g/mol. The number of hydrogen-bond acceptors (Lipinski definition) is 4. The monoisotopic (exact) mass is 675 g/mol. The van der Waals surface area contributed by atoms with Gasteiger partial charge in [-0.2, -0.15) is 5.10 Å². The molecule has 10 heteroatoms. The van der Waals surface area contributed by atoms with Gasteiger partial charge in [-0.05, 0) is 91.8 Å². The van der Waals surface area contributed by atoms with E-state index >= 15 is 4.39 Å². The first kappa shape index (κ1) is 32.9. The summed E-state index contributed by atoms with van der Waals surface area (Å²) >= 11 is 0. The molecular weight excluding hydrogens is 639 g/mol. The van der Waals surface area contributed by atoms with E-state index in [1.165, 1.54) is 12.1 Å². The number of ether oxygens (including phenoxy) is 1. The van der Waals surface area contributed by atoms with Crippen LogP contribution in [0.4, 0.5) is 18.0 Å². The summed E-state index contributed by atoms with van der Waals surface area (Å²) in [6, 6.07) is 16.7. The minimum atomic E-state index is -0.640. The van der Waals surface area contributed by atoms with E-state index in [9.17, 15) is 13.6 Å². The molecule has 1 N–H and O–H groups in total. The Kier molecular flexibility index (Phi) is 8.55. The molecule has 7 nitrogen and oxygen atoms in total. The number of fused-ring (bicyclic) bond motifs is 1. The van der Waals surface area contributed by atoms with E-state index in [0.29, 0.717) is 41.8 Å². The van der Waals surface area contributed by atoms with E-state index in [1.54, 1.807) is 34.1 Å². The molecular formula is C40H36F3N5O2. The van der Waals surface area contributed by atoms with Crippen LogP contribution in [0.25, 0.3) is 50.0 Å². The first-order valence-corrected chi connectivity index (χ1v) is 16.4. The standard InChI is InChI=1S/C40H36F3N5O2/c1-24-6-5-7-32(28-20-46-48(23-28)22-25-16-29(41)19-30(42)17-25)36(24)37-33-10-13-44-38(33)45-21-34(37)27-8-9-31(35(43)18-27)26-11-14-47(15-12-26)39(49)50-40(2,3)4/h5-11,13,16-21,23H,12,14-15,22H2,1-4H3,(H,44,45). The number of pyridine rings is 1. The van der Waals surface area contributed by atoms with Crippen LogP contribution in [0.1, 0.15) is 43.9 Å². The second kappa shape index (κ2) is 13.0. The van der Waals surface area contributed by atoms with Crippen LogP contribution in [-0.4, -0.2) is 49.4 Å². The predicted molar refractivity (Wildman–Crippen MR) is 189 cm³/mol. The molecule has 3 aromatic carbocycles. The van der Waals surface area contributed by atoms with Crippen LogP contribution in [-0.2, 0) is 11.3 Å². The second-order valence-electron chi connectivity index (χ2n) is 13.6. The van der Waals surface area contributed by atoms with Crippen LogP contribution in [0.15, 0.2) is 91.5 Å². The van der Waals surface area contributed by atoms with Crippen LogP contribution < -0.4 is 0 Å². The number of amides is 1. The highest BCUT2D eigenvalue weighted by Crippen LogP contribution is 2.44. The van der Waals surface area contributed by atoms with Gasteiger partial charge in [-0.3, -0.25) is 4.68 Å². The van der Waals surface area contributed by atoms with Crippen LogP contribution in [0, 0.1) is 24.4 Å². The van der Waals surface area contributed by atoms with Gasteiger partial charge in [0.1, 0.15) is 28.7 Å². The third-order valence-electron chi connectivity index (χ3n) is 8.81. The van der Waals surface area contributed by atoms with Crippen LogP contribution >= 0.6 is 0 Å². The number of aryl methyl sites for hydroxylation is 1. The lowest BCUT2D eigenvalue weighted by atomic mass is 9.86. The van der Waals surface area contributed by atoms with Gasteiger partial charge < -0.3 is 14.6 Å². The van der Waals surface area contributed by atoms with Gasteiger partial charge in [0.15, 0.2) is 0 Å². The zero-order chi connectivity index (χ0) is 35.2. The number of H-pyrrole nitrogens is 1. The lowest BCUT2D eigenvalue weighted by Gasteiger charge is -2.29. The molecule has 0 atom stereocenters. The number of nitrogens with one attached hydrogen (secondary N) is 1. The van der Waals surface area contributed by atoms with Crippen molar-refractivity contribution in [1.82, 2.24) is 24.6 Å². The summed E-state index contributed by atoms with van der Waals surface area (Å²) in [5, 5.41) is 5.39. The van der Waals surface area contributed by atoms with Crippen molar-refractivity contribution < 1.29 is 22.7 Å². The van der Waals surface area contributed by atoms with E-state index < -0.39 is 17.2 Å². The molecule has 0 fully saturated rings. The fourth-order valence-electron chi connectivity index (χ4n) is 6.56. The molecule has 0 saturated carbocycles. The van der Waals surface area contributed by atoms with E-state index in [2.05, 4.69) is 15.1 Å². The molecule has 0 saturated heterocycles. The zero-order valence-electron chi connectivity index (χ0n) is 28.2. The summed E-state index contributed by atoms with van der Waals surface area (Å²) in [4.78, 5) is 22.1. The third-order valence-corrected chi connectivity index (χ3v) is 8.81. The van der Waals surface area contributed by atoms with E-state index in [-0.39, 0.29) is 18.5 Å². The molecule has 0 radical (unpaired) electrons. The fourth-order valence-corrected chi connectivity index (χ4v) is 6.56. The Bertz CT molecular complexity index is 2260. The number of halogens is 3. The summed E-state index contributed by atoms with van der Waals surface area (Å²) in [6.07, 6.45) is 9.19. The summed E-state index contributed by atoms with van der Waals surface area (Å²) in [5.74, 6) is -1.64. The second-order valence-corrected chi connectivity index (χ2v) is 13.6. The van der Waals surface area contributed by atoms with E-state index in [0.717, 1.165) is 50.4 Å².